The molecule has 0 aromatic carbocycles. The highest BCUT2D eigenvalue weighted by atomic mass is 16.4. The number of amides is 1. The zero-order valence-corrected chi connectivity index (χ0v) is 6.57. The number of carboxylic acid groups (broad SMARTS) is 1. The summed E-state index contributed by atoms with van der Waals surface area (Å²) in [5.74, 6) is -1.62. The first kappa shape index (κ1) is 8.52. The predicted molar refractivity (Wildman–Crippen MR) is 42.4 cm³/mol. The minimum Gasteiger partial charge on any atom is -0.478 e. The van der Waals surface area contributed by atoms with Gasteiger partial charge in [0.1, 0.15) is 0 Å². The van der Waals surface area contributed by atoms with Crippen LogP contribution in [-0.4, -0.2) is 24.0 Å². The van der Waals surface area contributed by atoms with Gasteiger partial charge in [0.2, 0.25) is 5.91 Å². The van der Waals surface area contributed by atoms with Crippen molar-refractivity contribution in [2.75, 3.05) is 7.05 Å². The van der Waals surface area contributed by atoms with Gasteiger partial charge in [-0.1, -0.05) is 18.2 Å². The van der Waals surface area contributed by atoms with Crippen molar-refractivity contribution in [2.24, 2.45) is 5.92 Å². The molecule has 1 aliphatic rings. The van der Waals surface area contributed by atoms with E-state index >= 15 is 0 Å². The van der Waals surface area contributed by atoms with Crippen molar-refractivity contribution in [1.82, 2.24) is 5.32 Å². The first-order chi connectivity index (χ1) is 5.65. The van der Waals surface area contributed by atoms with Crippen molar-refractivity contribution in [1.29, 1.82) is 0 Å². The van der Waals surface area contributed by atoms with Crippen LogP contribution < -0.4 is 5.32 Å². The monoisotopic (exact) mass is 167 g/mol. The number of hydrogen-bond donors (Lipinski definition) is 2. The van der Waals surface area contributed by atoms with Crippen LogP contribution in [0, 0.1) is 5.92 Å². The van der Waals surface area contributed by atoms with Crippen LogP contribution in [-0.2, 0) is 9.59 Å². The highest BCUT2D eigenvalue weighted by molar-refractivity contribution is 5.94. The van der Waals surface area contributed by atoms with Gasteiger partial charge in [-0.3, -0.25) is 4.79 Å². The molecule has 1 rings (SSSR count). The molecule has 1 aliphatic carbocycles. The van der Waals surface area contributed by atoms with Gasteiger partial charge in [-0.15, -0.1) is 0 Å². The van der Waals surface area contributed by atoms with Crippen molar-refractivity contribution < 1.29 is 14.7 Å². The second-order valence-electron chi connectivity index (χ2n) is 2.43. The minimum absolute atomic E-state index is 0.170. The fourth-order valence-electron chi connectivity index (χ4n) is 0.984. The van der Waals surface area contributed by atoms with Crippen molar-refractivity contribution in [3.8, 4) is 0 Å². The van der Waals surface area contributed by atoms with Crippen molar-refractivity contribution >= 4 is 11.9 Å². The first-order valence-electron chi connectivity index (χ1n) is 3.50. The lowest BCUT2D eigenvalue weighted by Gasteiger charge is -2.00. The van der Waals surface area contributed by atoms with Crippen LogP contribution in [0.4, 0.5) is 0 Å². The lowest BCUT2D eigenvalue weighted by molar-refractivity contribution is -0.132. The van der Waals surface area contributed by atoms with E-state index < -0.39 is 11.9 Å². The summed E-state index contributed by atoms with van der Waals surface area (Å²) >= 11 is 0. The summed E-state index contributed by atoms with van der Waals surface area (Å²) in [6.45, 7) is 0. The maximum Gasteiger partial charge on any atom is 0.335 e. The molecule has 4 heteroatoms. The number of aliphatic carboxylic acids is 1. The van der Waals surface area contributed by atoms with Crippen LogP contribution >= 0.6 is 0 Å². The summed E-state index contributed by atoms with van der Waals surface area (Å²) in [6, 6.07) is 0. The molecule has 2 N–H and O–H groups in total. The van der Waals surface area contributed by atoms with E-state index in [-0.39, 0.29) is 11.5 Å². The van der Waals surface area contributed by atoms with Gasteiger partial charge in [0.15, 0.2) is 0 Å². The Bertz CT molecular complexity index is 278. The SMILES string of the molecule is CNC(=O)C1C=CC(C(=O)O)=C1. The summed E-state index contributed by atoms with van der Waals surface area (Å²) in [6.07, 6.45) is 4.41. The molecule has 1 unspecified atom stereocenters. The maximum absolute atomic E-state index is 11.0. The van der Waals surface area contributed by atoms with E-state index in [1.165, 1.54) is 19.2 Å². The lowest BCUT2D eigenvalue weighted by atomic mass is 10.1. The molecule has 0 heterocycles. The molecule has 0 saturated heterocycles. The molecule has 1 atom stereocenters. The first-order valence-corrected chi connectivity index (χ1v) is 3.50. The van der Waals surface area contributed by atoms with Gasteiger partial charge in [0.05, 0.1) is 11.5 Å². The summed E-state index contributed by atoms with van der Waals surface area (Å²) in [5.41, 5.74) is 0.170. The van der Waals surface area contributed by atoms with Gasteiger partial charge in [-0.2, -0.15) is 0 Å². The van der Waals surface area contributed by atoms with E-state index in [2.05, 4.69) is 5.32 Å². The fraction of sp³-hybridized carbons (Fsp3) is 0.250. The molecule has 0 fully saturated rings. The lowest BCUT2D eigenvalue weighted by Crippen LogP contribution is -2.24. The molecule has 0 aromatic heterocycles. The number of nitrogens with one attached hydrogen (secondary N) is 1. The third-order valence-electron chi connectivity index (χ3n) is 1.64. The Morgan fingerprint density at radius 2 is 2.25 bits per heavy atom. The molecule has 0 aliphatic heterocycles. The van der Waals surface area contributed by atoms with Gasteiger partial charge in [-0.05, 0) is 0 Å². The smallest absolute Gasteiger partial charge is 0.335 e. The summed E-state index contributed by atoms with van der Waals surface area (Å²) < 4.78 is 0. The van der Waals surface area contributed by atoms with E-state index in [1.54, 1.807) is 6.08 Å². The average Bonchev–Trinajstić information content (AvgIpc) is 2.51. The van der Waals surface area contributed by atoms with Gasteiger partial charge in [0.25, 0.3) is 0 Å². The normalized spacial score (nSPS) is 20.4. The summed E-state index contributed by atoms with van der Waals surface area (Å²) in [7, 11) is 1.52. The minimum atomic E-state index is -1.00. The Labute approximate surface area is 69.6 Å². The van der Waals surface area contributed by atoms with E-state index in [4.69, 9.17) is 5.11 Å². The molecule has 0 spiro atoms. The standard InChI is InChI=1S/C8H9NO3/c1-9-7(10)5-2-3-6(4-5)8(11)12/h2-5H,1H3,(H,9,10)(H,11,12). The number of carbonyl (C=O) groups is 2. The van der Waals surface area contributed by atoms with E-state index in [9.17, 15) is 9.59 Å². The third-order valence-corrected chi connectivity index (χ3v) is 1.64. The van der Waals surface area contributed by atoms with Crippen LogP contribution in [0.3, 0.4) is 0 Å². The molecule has 1 amide bonds. The number of hydrogen-bond acceptors (Lipinski definition) is 2. The van der Waals surface area contributed by atoms with Crippen molar-refractivity contribution in [2.45, 2.75) is 0 Å². The average molecular weight is 167 g/mol. The molecule has 4 nitrogen and oxygen atoms in total. The highest BCUT2D eigenvalue weighted by Crippen LogP contribution is 2.15. The van der Waals surface area contributed by atoms with Crippen molar-refractivity contribution in [3.05, 3.63) is 23.8 Å². The van der Waals surface area contributed by atoms with Gasteiger partial charge in [0, 0.05) is 7.05 Å². The Kier molecular flexibility index (Phi) is 2.28. The van der Waals surface area contributed by atoms with E-state index in [1.807, 2.05) is 0 Å². The summed E-state index contributed by atoms with van der Waals surface area (Å²) in [5, 5.41) is 11.0. The van der Waals surface area contributed by atoms with Gasteiger partial charge in [-0.25, -0.2) is 4.79 Å². The zero-order valence-electron chi connectivity index (χ0n) is 6.57. The molecule has 64 valence electrons. The largest absolute Gasteiger partial charge is 0.478 e. The second-order valence-corrected chi connectivity index (χ2v) is 2.43. The number of carboxylic acids is 1. The molecule has 0 saturated carbocycles. The van der Waals surface area contributed by atoms with Crippen LogP contribution in [0.2, 0.25) is 0 Å². The molecule has 0 radical (unpaired) electrons. The van der Waals surface area contributed by atoms with Gasteiger partial charge < -0.3 is 10.4 Å². The third kappa shape index (κ3) is 1.53. The Morgan fingerprint density at radius 1 is 1.58 bits per heavy atom. The van der Waals surface area contributed by atoms with Crippen LogP contribution in [0.25, 0.3) is 0 Å². The van der Waals surface area contributed by atoms with Crippen molar-refractivity contribution in [3.63, 3.8) is 0 Å². The number of rotatable bonds is 2. The van der Waals surface area contributed by atoms with Crippen LogP contribution in [0.15, 0.2) is 23.8 Å². The highest BCUT2D eigenvalue weighted by Gasteiger charge is 2.18. The molecule has 0 bridgehead atoms. The Balaban J connectivity index is 2.73. The number of carbonyl (C=O) groups excluding carboxylic acids is 1. The quantitative estimate of drug-likeness (QED) is 0.605. The van der Waals surface area contributed by atoms with Crippen LogP contribution in [0.1, 0.15) is 0 Å². The Hall–Kier alpha value is -1.58. The zero-order chi connectivity index (χ0) is 9.14. The summed E-state index contributed by atoms with van der Waals surface area (Å²) in [4.78, 5) is 21.4. The molecule has 12 heavy (non-hydrogen) atoms. The van der Waals surface area contributed by atoms with Gasteiger partial charge >= 0.3 is 5.97 Å². The maximum atomic E-state index is 11.0. The Morgan fingerprint density at radius 3 is 2.67 bits per heavy atom. The molecular formula is C8H9NO3. The predicted octanol–water partition coefficient (Wildman–Crippen LogP) is -0.0706. The molecule has 0 aromatic rings. The van der Waals surface area contributed by atoms with E-state index in [0.717, 1.165) is 0 Å². The van der Waals surface area contributed by atoms with E-state index in [0.29, 0.717) is 0 Å². The second kappa shape index (κ2) is 3.21. The molecular weight excluding hydrogens is 158 g/mol. The van der Waals surface area contributed by atoms with Crippen LogP contribution in [0.5, 0.6) is 0 Å². The fourth-order valence-corrected chi connectivity index (χ4v) is 0.984. The topological polar surface area (TPSA) is 66.4 Å².